The Bertz CT molecular complexity index is 483. The molecule has 0 aliphatic rings. The highest BCUT2D eigenvalue weighted by atomic mass is 16.5. The van der Waals surface area contributed by atoms with Crippen LogP contribution in [-0.2, 0) is 11.2 Å². The van der Waals surface area contributed by atoms with Crippen LogP contribution in [-0.4, -0.2) is 23.7 Å². The van der Waals surface area contributed by atoms with Crippen LogP contribution in [0.3, 0.4) is 0 Å². The van der Waals surface area contributed by atoms with E-state index in [9.17, 15) is 0 Å². The van der Waals surface area contributed by atoms with Crippen molar-refractivity contribution in [2.45, 2.75) is 6.42 Å². The molecule has 1 aromatic heterocycles. The summed E-state index contributed by atoms with van der Waals surface area (Å²) in [5.74, 6) is 0.695. The van der Waals surface area contributed by atoms with Crippen molar-refractivity contribution in [3.05, 3.63) is 42.2 Å². The Hall–Kier alpha value is -2.14. The van der Waals surface area contributed by atoms with Crippen molar-refractivity contribution in [3.8, 4) is 11.8 Å². The van der Waals surface area contributed by atoms with Crippen LogP contribution < -0.4 is 10.5 Å². The van der Waals surface area contributed by atoms with Crippen molar-refractivity contribution < 1.29 is 9.47 Å². The van der Waals surface area contributed by atoms with Crippen molar-refractivity contribution in [2.24, 2.45) is 0 Å². The van der Waals surface area contributed by atoms with Gasteiger partial charge in [-0.15, -0.1) is 0 Å². The largest absolute Gasteiger partial charge is 0.424 e. The molecule has 18 heavy (non-hydrogen) atoms. The Labute approximate surface area is 106 Å². The first-order chi connectivity index (χ1) is 8.78. The number of hydrogen-bond acceptors (Lipinski definition) is 5. The lowest BCUT2D eigenvalue weighted by Crippen LogP contribution is -1.95. The highest BCUT2D eigenvalue weighted by Crippen LogP contribution is 2.18. The van der Waals surface area contributed by atoms with Gasteiger partial charge in [0.25, 0.3) is 0 Å². The summed E-state index contributed by atoms with van der Waals surface area (Å²) in [7, 11) is 1.69. The highest BCUT2D eigenvalue weighted by molar-refractivity contribution is 5.33. The Morgan fingerprint density at radius 3 is 2.39 bits per heavy atom. The SMILES string of the molecule is COCCc1ccc(Oc2ncc(N)cn2)cc1. The van der Waals surface area contributed by atoms with Crippen LogP contribution in [0.2, 0.25) is 0 Å². The molecule has 5 nitrogen and oxygen atoms in total. The minimum Gasteiger partial charge on any atom is -0.424 e. The maximum Gasteiger partial charge on any atom is 0.322 e. The quantitative estimate of drug-likeness (QED) is 0.872. The summed E-state index contributed by atoms with van der Waals surface area (Å²) >= 11 is 0. The van der Waals surface area contributed by atoms with Crippen molar-refractivity contribution in [1.29, 1.82) is 0 Å². The van der Waals surface area contributed by atoms with Gasteiger partial charge in [0.05, 0.1) is 24.7 Å². The Balaban J connectivity index is 1.99. The molecule has 0 spiro atoms. The standard InChI is InChI=1S/C13H15N3O2/c1-17-7-6-10-2-4-12(5-3-10)18-13-15-8-11(14)9-16-13/h2-5,8-9H,6-7,14H2,1H3. The molecule has 2 rings (SSSR count). The van der Waals surface area contributed by atoms with Gasteiger partial charge in [0.2, 0.25) is 0 Å². The van der Waals surface area contributed by atoms with Crippen molar-refractivity contribution in [1.82, 2.24) is 9.97 Å². The minimum absolute atomic E-state index is 0.286. The zero-order chi connectivity index (χ0) is 12.8. The van der Waals surface area contributed by atoms with E-state index in [1.54, 1.807) is 7.11 Å². The lowest BCUT2D eigenvalue weighted by molar-refractivity contribution is 0.202. The summed E-state index contributed by atoms with van der Waals surface area (Å²) in [5, 5.41) is 0. The number of aromatic nitrogens is 2. The van der Waals surface area contributed by atoms with Crippen molar-refractivity contribution in [2.75, 3.05) is 19.5 Å². The van der Waals surface area contributed by atoms with Crippen molar-refractivity contribution in [3.63, 3.8) is 0 Å². The fourth-order valence-electron chi connectivity index (χ4n) is 1.43. The summed E-state index contributed by atoms with van der Waals surface area (Å²) < 4.78 is 10.5. The molecule has 1 aromatic carbocycles. The van der Waals surface area contributed by atoms with Crippen LogP contribution in [0.5, 0.6) is 11.8 Å². The Morgan fingerprint density at radius 1 is 1.11 bits per heavy atom. The highest BCUT2D eigenvalue weighted by Gasteiger charge is 2.00. The summed E-state index contributed by atoms with van der Waals surface area (Å²) in [6.45, 7) is 0.710. The topological polar surface area (TPSA) is 70.3 Å². The lowest BCUT2D eigenvalue weighted by Gasteiger charge is -2.05. The molecule has 0 unspecified atom stereocenters. The van der Waals surface area contributed by atoms with Crippen LogP contribution in [0.25, 0.3) is 0 Å². The number of nitrogen functional groups attached to an aromatic ring is 1. The second kappa shape index (κ2) is 5.97. The average Bonchev–Trinajstić information content (AvgIpc) is 2.41. The van der Waals surface area contributed by atoms with Gasteiger partial charge in [0.1, 0.15) is 5.75 Å². The molecule has 0 bridgehead atoms. The third-order valence-corrected chi connectivity index (χ3v) is 2.38. The number of benzene rings is 1. The second-order valence-electron chi connectivity index (χ2n) is 3.79. The molecule has 0 atom stereocenters. The first-order valence-corrected chi connectivity index (χ1v) is 5.61. The molecule has 2 N–H and O–H groups in total. The normalized spacial score (nSPS) is 10.3. The third-order valence-electron chi connectivity index (χ3n) is 2.38. The zero-order valence-corrected chi connectivity index (χ0v) is 10.2. The van der Waals surface area contributed by atoms with E-state index < -0.39 is 0 Å². The average molecular weight is 245 g/mol. The number of methoxy groups -OCH3 is 1. The molecule has 0 radical (unpaired) electrons. The van der Waals surface area contributed by atoms with Crippen molar-refractivity contribution >= 4 is 5.69 Å². The fraction of sp³-hybridized carbons (Fsp3) is 0.231. The number of anilines is 1. The van der Waals surface area contributed by atoms with E-state index in [2.05, 4.69) is 9.97 Å². The smallest absolute Gasteiger partial charge is 0.322 e. The number of nitrogens with zero attached hydrogens (tertiary/aromatic N) is 2. The fourth-order valence-corrected chi connectivity index (χ4v) is 1.43. The van der Waals surface area contributed by atoms with Gasteiger partial charge in [0, 0.05) is 7.11 Å². The molecule has 0 saturated carbocycles. The molecule has 2 aromatic rings. The van der Waals surface area contributed by atoms with Gasteiger partial charge in [-0.05, 0) is 24.1 Å². The first kappa shape index (κ1) is 12.3. The molecular weight excluding hydrogens is 230 g/mol. The van der Waals surface area contributed by atoms with Gasteiger partial charge in [0.15, 0.2) is 0 Å². The maximum atomic E-state index is 5.49. The maximum absolute atomic E-state index is 5.49. The van der Waals surface area contributed by atoms with Crippen LogP contribution in [0.15, 0.2) is 36.7 Å². The molecule has 1 heterocycles. The molecule has 0 fully saturated rings. The first-order valence-electron chi connectivity index (χ1n) is 5.61. The van der Waals surface area contributed by atoms with E-state index in [4.69, 9.17) is 15.2 Å². The number of hydrogen-bond donors (Lipinski definition) is 1. The zero-order valence-electron chi connectivity index (χ0n) is 10.2. The monoisotopic (exact) mass is 245 g/mol. The van der Waals surface area contributed by atoms with E-state index in [0.29, 0.717) is 18.0 Å². The van der Waals surface area contributed by atoms with Crippen LogP contribution in [0, 0.1) is 0 Å². The van der Waals surface area contributed by atoms with E-state index in [-0.39, 0.29) is 6.01 Å². The van der Waals surface area contributed by atoms with Gasteiger partial charge < -0.3 is 15.2 Å². The molecular formula is C13H15N3O2. The van der Waals surface area contributed by atoms with Gasteiger partial charge in [-0.3, -0.25) is 0 Å². The number of ether oxygens (including phenoxy) is 2. The Kier molecular flexibility index (Phi) is 4.09. The van der Waals surface area contributed by atoms with Gasteiger partial charge in [-0.25, -0.2) is 9.97 Å². The molecule has 94 valence electrons. The van der Waals surface area contributed by atoms with E-state index >= 15 is 0 Å². The molecule has 0 saturated heterocycles. The summed E-state index contributed by atoms with van der Waals surface area (Å²) in [4.78, 5) is 7.93. The Morgan fingerprint density at radius 2 is 1.78 bits per heavy atom. The summed E-state index contributed by atoms with van der Waals surface area (Å²) in [6, 6.07) is 8.03. The summed E-state index contributed by atoms with van der Waals surface area (Å²) in [5.41, 5.74) is 7.20. The predicted octanol–water partition coefficient (Wildman–Crippen LogP) is 2.04. The van der Waals surface area contributed by atoms with E-state index in [1.807, 2.05) is 24.3 Å². The lowest BCUT2D eigenvalue weighted by atomic mass is 10.1. The molecule has 0 aliphatic carbocycles. The molecule has 0 amide bonds. The van der Waals surface area contributed by atoms with E-state index in [0.717, 1.165) is 6.42 Å². The van der Waals surface area contributed by atoms with Gasteiger partial charge in [-0.2, -0.15) is 0 Å². The van der Waals surface area contributed by atoms with Crippen LogP contribution in [0.4, 0.5) is 5.69 Å². The van der Waals surface area contributed by atoms with E-state index in [1.165, 1.54) is 18.0 Å². The van der Waals surface area contributed by atoms with Crippen LogP contribution >= 0.6 is 0 Å². The second-order valence-corrected chi connectivity index (χ2v) is 3.79. The van der Waals surface area contributed by atoms with Gasteiger partial charge in [-0.1, -0.05) is 12.1 Å². The predicted molar refractivity (Wildman–Crippen MR) is 68.5 cm³/mol. The summed E-state index contributed by atoms with van der Waals surface area (Å²) in [6.07, 6.45) is 3.90. The number of rotatable bonds is 5. The van der Waals surface area contributed by atoms with Crippen LogP contribution in [0.1, 0.15) is 5.56 Å². The minimum atomic E-state index is 0.286. The third kappa shape index (κ3) is 3.43. The number of nitrogens with two attached hydrogens (primary N) is 1. The molecule has 5 heteroatoms. The van der Waals surface area contributed by atoms with Gasteiger partial charge >= 0.3 is 6.01 Å². The molecule has 0 aliphatic heterocycles.